The average Bonchev–Trinajstić information content (AvgIpc) is 3.08. The van der Waals surface area contributed by atoms with E-state index in [1.807, 2.05) is 48.8 Å². The monoisotopic (exact) mass is 582 g/mol. The molecule has 224 valence electrons. The maximum Gasteiger partial charge on any atom is 0.124 e. The lowest BCUT2D eigenvalue weighted by Crippen LogP contribution is -2.09. The highest BCUT2D eigenvalue weighted by atomic mass is 16.3. The van der Waals surface area contributed by atoms with Crippen LogP contribution in [0.5, 0.6) is 11.5 Å². The molecular weight excluding hydrogens is 540 g/mol. The van der Waals surface area contributed by atoms with Gasteiger partial charge in [0.15, 0.2) is 0 Å². The van der Waals surface area contributed by atoms with Gasteiger partial charge in [-0.3, -0.25) is 9.98 Å². The van der Waals surface area contributed by atoms with Gasteiger partial charge in [-0.2, -0.15) is 0 Å². The maximum atomic E-state index is 10.9. The van der Waals surface area contributed by atoms with Gasteiger partial charge < -0.3 is 10.2 Å². The molecule has 0 saturated heterocycles. The number of nitrogens with zero attached hydrogens (tertiary/aromatic N) is 2. The van der Waals surface area contributed by atoms with Gasteiger partial charge in [0.2, 0.25) is 0 Å². The van der Waals surface area contributed by atoms with Crippen molar-refractivity contribution in [3.05, 3.63) is 130 Å². The normalized spacial score (nSPS) is 16.5. The van der Waals surface area contributed by atoms with E-state index in [1.54, 1.807) is 12.1 Å². The molecule has 0 unspecified atom stereocenters. The molecule has 2 aliphatic rings. The molecule has 0 atom stereocenters. The lowest BCUT2D eigenvalue weighted by atomic mass is 9.85. The highest BCUT2D eigenvalue weighted by Crippen LogP contribution is 2.39. The number of benzene rings is 4. The van der Waals surface area contributed by atoms with E-state index in [2.05, 4.69) is 48.5 Å². The molecule has 4 aromatic carbocycles. The molecule has 0 radical (unpaired) electrons. The van der Waals surface area contributed by atoms with Crippen LogP contribution in [-0.4, -0.2) is 34.7 Å². The van der Waals surface area contributed by atoms with Crippen molar-refractivity contribution in [2.45, 2.75) is 76.3 Å². The molecule has 2 saturated carbocycles. The number of hydrogen-bond donors (Lipinski definition) is 2. The standard InChI is InChI=1S/C40H42N2O2/c43-37-23-21-31(25-33(37)27-41-35-17-9-3-10-18-35)40(39(29-13-5-1-6-14-29)30-15-7-2-8-16-30)32-22-24-38(44)34(26-32)28-42-36-19-11-4-12-20-36/h1-2,5-8,13-16,21-28,35-36,43-44H,3-4,9-12,17-20H2. The summed E-state index contributed by atoms with van der Waals surface area (Å²) in [6.07, 6.45) is 15.5. The maximum absolute atomic E-state index is 10.9. The lowest BCUT2D eigenvalue weighted by Gasteiger charge is -2.20. The quantitative estimate of drug-likeness (QED) is 0.160. The summed E-state index contributed by atoms with van der Waals surface area (Å²) in [6.45, 7) is 0. The predicted molar refractivity (Wildman–Crippen MR) is 183 cm³/mol. The van der Waals surface area contributed by atoms with Crippen molar-refractivity contribution >= 4 is 23.6 Å². The zero-order valence-electron chi connectivity index (χ0n) is 25.4. The Labute approximate surface area is 261 Å². The molecule has 4 heteroatoms. The number of phenols is 2. The van der Waals surface area contributed by atoms with Crippen molar-refractivity contribution < 1.29 is 10.2 Å². The van der Waals surface area contributed by atoms with Crippen molar-refractivity contribution in [3.63, 3.8) is 0 Å². The van der Waals surface area contributed by atoms with E-state index < -0.39 is 0 Å². The summed E-state index contributed by atoms with van der Waals surface area (Å²) in [6, 6.07) is 33.1. The molecule has 0 spiro atoms. The Kier molecular flexibility index (Phi) is 9.66. The van der Waals surface area contributed by atoms with E-state index in [4.69, 9.17) is 9.98 Å². The third-order valence-corrected chi connectivity index (χ3v) is 9.01. The van der Waals surface area contributed by atoms with Crippen molar-refractivity contribution in [3.8, 4) is 11.5 Å². The summed E-state index contributed by atoms with van der Waals surface area (Å²) < 4.78 is 0. The van der Waals surface area contributed by atoms with E-state index >= 15 is 0 Å². The molecule has 2 fully saturated rings. The van der Waals surface area contributed by atoms with Crippen LogP contribution in [0.4, 0.5) is 0 Å². The minimum absolute atomic E-state index is 0.222. The largest absolute Gasteiger partial charge is 0.507 e. The fraction of sp³-hybridized carbons (Fsp3) is 0.300. The van der Waals surface area contributed by atoms with Crippen LogP contribution in [-0.2, 0) is 0 Å². The SMILES string of the molecule is Oc1ccc(C(=C(c2ccccc2)c2ccccc2)c2ccc(O)c(C=NC3CCCCC3)c2)cc1C=NC1CCCCC1. The van der Waals surface area contributed by atoms with Gasteiger partial charge in [0.1, 0.15) is 11.5 Å². The first kappa shape index (κ1) is 29.6. The molecule has 4 aromatic rings. The van der Waals surface area contributed by atoms with Crippen LogP contribution in [0.25, 0.3) is 11.1 Å². The zero-order chi connectivity index (χ0) is 30.1. The summed E-state index contributed by atoms with van der Waals surface area (Å²) in [5.41, 5.74) is 7.63. The van der Waals surface area contributed by atoms with E-state index in [1.165, 1.54) is 38.5 Å². The van der Waals surface area contributed by atoms with Gasteiger partial charge in [-0.25, -0.2) is 0 Å². The van der Waals surface area contributed by atoms with Crippen molar-refractivity contribution in [2.75, 3.05) is 0 Å². The molecule has 2 aliphatic carbocycles. The average molecular weight is 583 g/mol. The Morgan fingerprint density at radius 1 is 0.477 bits per heavy atom. The number of rotatable bonds is 8. The minimum Gasteiger partial charge on any atom is -0.507 e. The second-order valence-electron chi connectivity index (χ2n) is 12.2. The molecule has 0 heterocycles. The van der Waals surface area contributed by atoms with Crippen LogP contribution < -0.4 is 0 Å². The van der Waals surface area contributed by atoms with Gasteiger partial charge in [0, 0.05) is 35.6 Å². The molecule has 0 bridgehead atoms. The second-order valence-corrected chi connectivity index (χ2v) is 12.2. The number of phenolic OH excluding ortho intramolecular Hbond substituents is 2. The highest BCUT2D eigenvalue weighted by molar-refractivity contribution is 6.06. The van der Waals surface area contributed by atoms with Gasteiger partial charge in [-0.15, -0.1) is 0 Å². The lowest BCUT2D eigenvalue weighted by molar-refractivity contribution is 0.444. The third-order valence-electron chi connectivity index (χ3n) is 9.01. The van der Waals surface area contributed by atoms with Crippen LogP contribution in [0.15, 0.2) is 107 Å². The van der Waals surface area contributed by atoms with Gasteiger partial charge >= 0.3 is 0 Å². The van der Waals surface area contributed by atoms with Gasteiger partial charge in [-0.1, -0.05) is 111 Å². The number of hydrogen-bond acceptors (Lipinski definition) is 4. The summed E-state index contributed by atoms with van der Waals surface area (Å²) in [5, 5.41) is 21.8. The topological polar surface area (TPSA) is 65.2 Å². The Balaban J connectivity index is 1.52. The number of aromatic hydroxyl groups is 2. The summed E-state index contributed by atoms with van der Waals surface area (Å²) in [5.74, 6) is 0.444. The molecule has 44 heavy (non-hydrogen) atoms. The first-order chi connectivity index (χ1) is 21.7. The fourth-order valence-corrected chi connectivity index (χ4v) is 6.58. The van der Waals surface area contributed by atoms with Crippen LogP contribution in [0.2, 0.25) is 0 Å². The van der Waals surface area contributed by atoms with Crippen LogP contribution in [0.3, 0.4) is 0 Å². The van der Waals surface area contributed by atoms with Crippen LogP contribution in [0.1, 0.15) is 97.6 Å². The van der Waals surface area contributed by atoms with Crippen molar-refractivity contribution in [1.82, 2.24) is 0 Å². The van der Waals surface area contributed by atoms with Crippen molar-refractivity contribution in [1.29, 1.82) is 0 Å². The molecule has 2 N–H and O–H groups in total. The van der Waals surface area contributed by atoms with Gasteiger partial charge in [-0.05, 0) is 83.3 Å². The first-order valence-electron chi connectivity index (χ1n) is 16.2. The molecule has 0 aliphatic heterocycles. The Bertz CT molecular complexity index is 1510. The molecule has 6 rings (SSSR count). The highest BCUT2D eigenvalue weighted by Gasteiger charge is 2.19. The Hall–Kier alpha value is -4.44. The van der Waals surface area contributed by atoms with E-state index in [9.17, 15) is 10.2 Å². The van der Waals surface area contributed by atoms with Crippen molar-refractivity contribution in [2.24, 2.45) is 9.98 Å². The summed E-state index contributed by atoms with van der Waals surface area (Å²) >= 11 is 0. The molecular formula is C40H42N2O2. The van der Waals surface area contributed by atoms with E-state index in [-0.39, 0.29) is 11.5 Å². The fourth-order valence-electron chi connectivity index (χ4n) is 6.58. The molecule has 0 aromatic heterocycles. The molecule has 0 amide bonds. The third kappa shape index (κ3) is 7.19. The Morgan fingerprint density at radius 2 is 0.864 bits per heavy atom. The van der Waals surface area contributed by atoms with Crippen LogP contribution in [0, 0.1) is 0 Å². The first-order valence-corrected chi connectivity index (χ1v) is 16.2. The van der Waals surface area contributed by atoms with Crippen LogP contribution >= 0.6 is 0 Å². The van der Waals surface area contributed by atoms with E-state index in [0.717, 1.165) is 59.1 Å². The summed E-state index contributed by atoms with van der Waals surface area (Å²) in [7, 11) is 0. The van der Waals surface area contributed by atoms with Gasteiger partial charge in [0.05, 0.1) is 0 Å². The number of aliphatic imine (C=N–C) groups is 2. The molecule has 4 nitrogen and oxygen atoms in total. The smallest absolute Gasteiger partial charge is 0.124 e. The van der Waals surface area contributed by atoms with E-state index in [0.29, 0.717) is 23.2 Å². The van der Waals surface area contributed by atoms with Gasteiger partial charge in [0.25, 0.3) is 0 Å². The summed E-state index contributed by atoms with van der Waals surface area (Å²) in [4.78, 5) is 9.78. The minimum atomic E-state index is 0.222. The Morgan fingerprint density at radius 3 is 1.27 bits per heavy atom. The zero-order valence-corrected chi connectivity index (χ0v) is 25.4. The second kappa shape index (κ2) is 14.4. The predicted octanol–water partition coefficient (Wildman–Crippen LogP) is 9.61.